The third-order valence-electron chi connectivity index (χ3n) is 4.32. The van der Waals surface area contributed by atoms with Gasteiger partial charge in [-0.1, -0.05) is 30.7 Å². The zero-order chi connectivity index (χ0) is 14.2. The number of benzene rings is 1. The molecule has 0 radical (unpaired) electrons. The van der Waals surface area contributed by atoms with Crippen LogP contribution in [0.2, 0.25) is 0 Å². The van der Waals surface area contributed by atoms with Crippen LogP contribution in [0.15, 0.2) is 23.2 Å². The van der Waals surface area contributed by atoms with Gasteiger partial charge >= 0.3 is 0 Å². The molecule has 3 nitrogen and oxygen atoms in total. The van der Waals surface area contributed by atoms with Crippen LogP contribution in [0.5, 0.6) is 0 Å². The van der Waals surface area contributed by atoms with Gasteiger partial charge < -0.3 is 10.6 Å². The summed E-state index contributed by atoms with van der Waals surface area (Å²) in [6.07, 6.45) is 1.07. The fourth-order valence-electron chi connectivity index (χ4n) is 3.17. The minimum atomic E-state index is -0.114. The van der Waals surface area contributed by atoms with E-state index in [0.717, 1.165) is 13.0 Å². The Bertz CT molecular complexity index is 507. The molecular formula is C16H25N3. The van der Waals surface area contributed by atoms with E-state index in [4.69, 9.17) is 5.73 Å². The van der Waals surface area contributed by atoms with Gasteiger partial charge in [0.1, 0.15) is 0 Å². The number of guanidine groups is 1. The quantitative estimate of drug-likeness (QED) is 0.906. The third-order valence-corrected chi connectivity index (χ3v) is 4.32. The van der Waals surface area contributed by atoms with E-state index in [1.54, 1.807) is 0 Å². The van der Waals surface area contributed by atoms with E-state index in [0.29, 0.717) is 12.0 Å². The standard InChI is InChI=1S/C16H25N3/c1-6-13(4)19-15(17)18-10-16(19,5)14-8-7-11(2)9-12(14)3/h7-9,13H,6,10H2,1-5H3,(H2,17,18). The molecule has 0 amide bonds. The molecule has 0 saturated carbocycles. The van der Waals surface area contributed by atoms with Crippen molar-refractivity contribution >= 4 is 5.96 Å². The first kappa shape index (κ1) is 13.9. The van der Waals surface area contributed by atoms with Gasteiger partial charge in [0.25, 0.3) is 0 Å². The average molecular weight is 259 g/mol. The summed E-state index contributed by atoms with van der Waals surface area (Å²) in [5.74, 6) is 0.678. The van der Waals surface area contributed by atoms with Crippen LogP contribution < -0.4 is 5.73 Å². The Hall–Kier alpha value is -1.51. The minimum Gasteiger partial charge on any atom is -0.370 e. The number of aliphatic imine (C=N–C) groups is 1. The van der Waals surface area contributed by atoms with Crippen molar-refractivity contribution in [2.75, 3.05) is 6.54 Å². The summed E-state index contributed by atoms with van der Waals surface area (Å²) in [7, 11) is 0. The maximum absolute atomic E-state index is 6.12. The van der Waals surface area contributed by atoms with Gasteiger partial charge in [0.15, 0.2) is 5.96 Å². The molecule has 3 heteroatoms. The highest BCUT2D eigenvalue weighted by Crippen LogP contribution is 2.36. The van der Waals surface area contributed by atoms with Crippen molar-refractivity contribution in [1.82, 2.24) is 4.90 Å². The Balaban J connectivity index is 2.47. The fourth-order valence-corrected chi connectivity index (χ4v) is 3.17. The van der Waals surface area contributed by atoms with Gasteiger partial charge in [-0.15, -0.1) is 0 Å². The van der Waals surface area contributed by atoms with Crippen molar-refractivity contribution in [1.29, 1.82) is 0 Å². The number of nitrogens with two attached hydrogens (primary N) is 1. The Labute approximate surface area is 116 Å². The second kappa shape index (κ2) is 4.87. The summed E-state index contributed by atoms with van der Waals surface area (Å²) in [5.41, 5.74) is 9.96. The van der Waals surface area contributed by atoms with Crippen LogP contribution in [-0.2, 0) is 5.54 Å². The van der Waals surface area contributed by atoms with Crippen LogP contribution in [0.25, 0.3) is 0 Å². The Morgan fingerprint density at radius 1 is 1.42 bits per heavy atom. The number of hydrogen-bond donors (Lipinski definition) is 1. The molecule has 19 heavy (non-hydrogen) atoms. The molecular weight excluding hydrogens is 234 g/mol. The van der Waals surface area contributed by atoms with Crippen molar-refractivity contribution in [2.24, 2.45) is 10.7 Å². The van der Waals surface area contributed by atoms with E-state index >= 15 is 0 Å². The van der Waals surface area contributed by atoms with Crippen molar-refractivity contribution in [3.05, 3.63) is 34.9 Å². The van der Waals surface area contributed by atoms with E-state index in [9.17, 15) is 0 Å². The van der Waals surface area contributed by atoms with E-state index in [1.807, 2.05) is 0 Å². The predicted octanol–water partition coefficient (Wildman–Crippen LogP) is 2.95. The van der Waals surface area contributed by atoms with Crippen molar-refractivity contribution in [2.45, 2.75) is 52.6 Å². The molecule has 0 bridgehead atoms. The van der Waals surface area contributed by atoms with Crippen LogP contribution >= 0.6 is 0 Å². The van der Waals surface area contributed by atoms with E-state index in [1.165, 1.54) is 16.7 Å². The van der Waals surface area contributed by atoms with Crippen LogP contribution in [-0.4, -0.2) is 23.4 Å². The third kappa shape index (κ3) is 2.22. The monoisotopic (exact) mass is 259 g/mol. The Kier molecular flexibility index (Phi) is 3.57. The lowest BCUT2D eigenvalue weighted by Gasteiger charge is -2.41. The van der Waals surface area contributed by atoms with Gasteiger partial charge in [-0.25, -0.2) is 0 Å². The molecule has 2 rings (SSSR count). The maximum Gasteiger partial charge on any atom is 0.192 e. The Morgan fingerprint density at radius 2 is 2.11 bits per heavy atom. The Morgan fingerprint density at radius 3 is 2.68 bits per heavy atom. The number of nitrogens with zero attached hydrogens (tertiary/aromatic N) is 2. The number of rotatable bonds is 3. The van der Waals surface area contributed by atoms with Gasteiger partial charge in [-0.3, -0.25) is 4.99 Å². The highest BCUT2D eigenvalue weighted by molar-refractivity contribution is 5.81. The van der Waals surface area contributed by atoms with Gasteiger partial charge in [-0.05, 0) is 45.2 Å². The summed E-state index contributed by atoms with van der Waals surface area (Å²) < 4.78 is 0. The summed E-state index contributed by atoms with van der Waals surface area (Å²) >= 11 is 0. The van der Waals surface area contributed by atoms with Gasteiger partial charge in [0.05, 0.1) is 12.1 Å². The zero-order valence-corrected chi connectivity index (χ0v) is 12.7. The molecule has 1 aromatic rings. The molecule has 1 aromatic carbocycles. The first-order chi connectivity index (χ1) is 8.90. The van der Waals surface area contributed by atoms with Crippen molar-refractivity contribution < 1.29 is 0 Å². The molecule has 104 valence electrons. The van der Waals surface area contributed by atoms with E-state index in [-0.39, 0.29) is 5.54 Å². The average Bonchev–Trinajstić information content (AvgIpc) is 2.65. The highest BCUT2D eigenvalue weighted by atomic mass is 15.4. The normalized spacial score (nSPS) is 24.5. The SMILES string of the molecule is CCC(C)N1C(N)=NCC1(C)c1ccc(C)cc1C. The second-order valence-electron chi connectivity index (χ2n) is 5.89. The number of hydrogen-bond acceptors (Lipinski definition) is 3. The maximum atomic E-state index is 6.12. The molecule has 0 spiro atoms. The molecule has 0 aliphatic carbocycles. The number of aryl methyl sites for hydroxylation is 2. The molecule has 1 aliphatic rings. The predicted molar refractivity (Wildman–Crippen MR) is 81.3 cm³/mol. The topological polar surface area (TPSA) is 41.6 Å². The fraction of sp³-hybridized carbons (Fsp3) is 0.562. The first-order valence-corrected chi connectivity index (χ1v) is 7.07. The lowest BCUT2D eigenvalue weighted by molar-refractivity contribution is 0.171. The van der Waals surface area contributed by atoms with Crippen molar-refractivity contribution in [3.8, 4) is 0 Å². The van der Waals surface area contributed by atoms with Crippen LogP contribution in [0.3, 0.4) is 0 Å². The van der Waals surface area contributed by atoms with Gasteiger partial charge in [0, 0.05) is 6.04 Å². The first-order valence-electron chi connectivity index (χ1n) is 7.07. The minimum absolute atomic E-state index is 0.114. The molecule has 0 fully saturated rings. The summed E-state index contributed by atoms with van der Waals surface area (Å²) in [6.45, 7) is 11.7. The lowest BCUT2D eigenvalue weighted by atomic mass is 9.86. The molecule has 0 saturated heterocycles. The molecule has 2 atom stereocenters. The molecule has 0 aromatic heterocycles. The smallest absolute Gasteiger partial charge is 0.192 e. The van der Waals surface area contributed by atoms with Crippen LogP contribution in [0.4, 0.5) is 0 Å². The second-order valence-corrected chi connectivity index (χ2v) is 5.89. The van der Waals surface area contributed by atoms with Gasteiger partial charge in [0.2, 0.25) is 0 Å². The summed E-state index contributed by atoms with van der Waals surface area (Å²) in [5, 5.41) is 0. The lowest BCUT2D eigenvalue weighted by Crippen LogP contribution is -2.52. The zero-order valence-electron chi connectivity index (χ0n) is 12.7. The van der Waals surface area contributed by atoms with Crippen LogP contribution in [0.1, 0.15) is 43.9 Å². The molecule has 1 heterocycles. The van der Waals surface area contributed by atoms with E-state index in [2.05, 4.69) is 62.7 Å². The van der Waals surface area contributed by atoms with E-state index < -0.39 is 0 Å². The summed E-state index contributed by atoms with van der Waals surface area (Å²) in [6, 6.07) is 7.05. The van der Waals surface area contributed by atoms with Gasteiger partial charge in [-0.2, -0.15) is 0 Å². The molecule has 2 unspecified atom stereocenters. The molecule has 2 N–H and O–H groups in total. The largest absolute Gasteiger partial charge is 0.370 e. The van der Waals surface area contributed by atoms with Crippen molar-refractivity contribution in [3.63, 3.8) is 0 Å². The summed E-state index contributed by atoms with van der Waals surface area (Å²) in [4.78, 5) is 6.78. The molecule has 1 aliphatic heterocycles. The highest BCUT2D eigenvalue weighted by Gasteiger charge is 2.42. The van der Waals surface area contributed by atoms with Crippen LogP contribution in [0, 0.1) is 13.8 Å².